The lowest BCUT2D eigenvalue weighted by atomic mass is 10.1. The van der Waals surface area contributed by atoms with Gasteiger partial charge in [0.05, 0.1) is 6.10 Å². The van der Waals surface area contributed by atoms with Crippen LogP contribution in [0.25, 0.3) is 0 Å². The summed E-state index contributed by atoms with van der Waals surface area (Å²) in [5.74, 6) is 0.949. The van der Waals surface area contributed by atoms with Crippen LogP contribution >= 0.6 is 0 Å². The van der Waals surface area contributed by atoms with Crippen LogP contribution in [0, 0.1) is 0 Å². The predicted octanol–water partition coefficient (Wildman–Crippen LogP) is 3.88. The predicted molar refractivity (Wildman–Crippen MR) is 73.2 cm³/mol. The second-order valence-electron chi connectivity index (χ2n) is 4.63. The molecule has 0 heterocycles. The van der Waals surface area contributed by atoms with Gasteiger partial charge < -0.3 is 10.5 Å². The molecule has 0 bridgehead atoms. The lowest BCUT2D eigenvalue weighted by molar-refractivity contribution is 0.206. The van der Waals surface area contributed by atoms with Crippen molar-refractivity contribution >= 4 is 0 Å². The van der Waals surface area contributed by atoms with E-state index in [0.717, 1.165) is 17.7 Å². The molecule has 0 amide bonds. The molecular formula is C15H25NO. The van der Waals surface area contributed by atoms with Crippen molar-refractivity contribution < 1.29 is 4.74 Å². The van der Waals surface area contributed by atoms with E-state index in [9.17, 15) is 0 Å². The smallest absolute Gasteiger partial charge is 0.119 e. The molecule has 2 N–H and O–H groups in total. The van der Waals surface area contributed by atoms with Crippen LogP contribution in [0.5, 0.6) is 5.75 Å². The van der Waals surface area contributed by atoms with Crippen LogP contribution < -0.4 is 10.5 Å². The summed E-state index contributed by atoms with van der Waals surface area (Å²) in [5.41, 5.74) is 6.70. The van der Waals surface area contributed by atoms with Gasteiger partial charge in [-0.2, -0.15) is 0 Å². The second-order valence-corrected chi connectivity index (χ2v) is 4.63. The van der Waals surface area contributed by atoms with Crippen molar-refractivity contribution in [2.45, 2.75) is 58.6 Å². The van der Waals surface area contributed by atoms with Crippen LogP contribution in [-0.4, -0.2) is 6.10 Å². The molecular weight excluding hydrogens is 210 g/mol. The van der Waals surface area contributed by atoms with Crippen molar-refractivity contribution in [3.8, 4) is 5.75 Å². The van der Waals surface area contributed by atoms with Gasteiger partial charge in [-0.15, -0.1) is 0 Å². The largest absolute Gasteiger partial charge is 0.491 e. The maximum atomic E-state index is 5.85. The summed E-state index contributed by atoms with van der Waals surface area (Å²) in [4.78, 5) is 0. The Morgan fingerprint density at radius 1 is 1.12 bits per heavy atom. The first-order valence-corrected chi connectivity index (χ1v) is 6.72. The third-order valence-corrected chi connectivity index (χ3v) is 2.96. The Bertz CT molecular complexity index is 294. The standard InChI is InChI=1S/C15H25NO/c1-3-4-5-6-7-13(2)17-15-10-8-14(12-16)9-11-15/h8-11,13H,3-7,12,16H2,1-2H3. The Hall–Kier alpha value is -1.02. The molecule has 0 fully saturated rings. The van der Waals surface area contributed by atoms with E-state index in [1.807, 2.05) is 24.3 Å². The van der Waals surface area contributed by atoms with Gasteiger partial charge in [0.15, 0.2) is 0 Å². The first-order valence-electron chi connectivity index (χ1n) is 6.72. The second kappa shape index (κ2) is 8.13. The van der Waals surface area contributed by atoms with Gasteiger partial charge in [0.2, 0.25) is 0 Å². The molecule has 0 aliphatic heterocycles. The summed E-state index contributed by atoms with van der Waals surface area (Å²) in [5, 5.41) is 0. The molecule has 17 heavy (non-hydrogen) atoms. The van der Waals surface area contributed by atoms with E-state index < -0.39 is 0 Å². The van der Waals surface area contributed by atoms with Crippen molar-refractivity contribution in [3.63, 3.8) is 0 Å². The van der Waals surface area contributed by atoms with Gasteiger partial charge in [0.25, 0.3) is 0 Å². The molecule has 1 aromatic carbocycles. The van der Waals surface area contributed by atoms with Crippen LogP contribution in [-0.2, 0) is 6.54 Å². The van der Waals surface area contributed by atoms with E-state index in [2.05, 4.69) is 13.8 Å². The average Bonchev–Trinajstić information content (AvgIpc) is 2.36. The molecule has 1 atom stereocenters. The molecule has 1 unspecified atom stereocenters. The van der Waals surface area contributed by atoms with Gasteiger partial charge in [-0.25, -0.2) is 0 Å². The van der Waals surface area contributed by atoms with Crippen molar-refractivity contribution in [1.29, 1.82) is 0 Å². The zero-order valence-electron chi connectivity index (χ0n) is 11.1. The number of nitrogens with two attached hydrogens (primary N) is 1. The van der Waals surface area contributed by atoms with Crippen molar-refractivity contribution in [2.75, 3.05) is 0 Å². The topological polar surface area (TPSA) is 35.2 Å². The average molecular weight is 235 g/mol. The van der Waals surface area contributed by atoms with E-state index in [1.165, 1.54) is 25.7 Å². The molecule has 2 nitrogen and oxygen atoms in total. The third kappa shape index (κ3) is 5.73. The Balaban J connectivity index is 2.26. The Morgan fingerprint density at radius 3 is 2.41 bits per heavy atom. The quantitative estimate of drug-likeness (QED) is 0.694. The Labute approximate surface area is 105 Å². The first kappa shape index (κ1) is 14.0. The van der Waals surface area contributed by atoms with Gasteiger partial charge in [-0.3, -0.25) is 0 Å². The SMILES string of the molecule is CCCCCCC(C)Oc1ccc(CN)cc1. The molecule has 2 heteroatoms. The molecule has 0 aliphatic rings. The number of ether oxygens (including phenoxy) is 1. The molecule has 0 spiro atoms. The van der Waals surface area contributed by atoms with E-state index in [0.29, 0.717) is 12.6 Å². The summed E-state index contributed by atoms with van der Waals surface area (Å²) in [6.45, 7) is 4.97. The monoisotopic (exact) mass is 235 g/mol. The first-order chi connectivity index (χ1) is 8.26. The molecule has 0 aromatic heterocycles. The van der Waals surface area contributed by atoms with Gasteiger partial charge in [0, 0.05) is 6.54 Å². The zero-order chi connectivity index (χ0) is 12.5. The third-order valence-electron chi connectivity index (χ3n) is 2.96. The zero-order valence-corrected chi connectivity index (χ0v) is 11.1. The maximum absolute atomic E-state index is 5.85. The number of hydrogen-bond donors (Lipinski definition) is 1. The summed E-state index contributed by atoms with van der Waals surface area (Å²) >= 11 is 0. The molecule has 1 aromatic rings. The van der Waals surface area contributed by atoms with Crippen molar-refractivity contribution in [1.82, 2.24) is 0 Å². The van der Waals surface area contributed by atoms with Crippen LogP contribution in [0.2, 0.25) is 0 Å². The van der Waals surface area contributed by atoms with Crippen molar-refractivity contribution in [2.24, 2.45) is 5.73 Å². The van der Waals surface area contributed by atoms with E-state index in [-0.39, 0.29) is 0 Å². The minimum atomic E-state index is 0.301. The highest BCUT2D eigenvalue weighted by Gasteiger charge is 2.03. The minimum absolute atomic E-state index is 0.301. The van der Waals surface area contributed by atoms with Gasteiger partial charge >= 0.3 is 0 Å². The van der Waals surface area contributed by atoms with Gasteiger partial charge in [-0.05, 0) is 37.5 Å². The van der Waals surface area contributed by atoms with Crippen LogP contribution in [0.4, 0.5) is 0 Å². The van der Waals surface area contributed by atoms with Gasteiger partial charge in [-0.1, -0.05) is 38.3 Å². The molecule has 0 saturated heterocycles. The summed E-state index contributed by atoms with van der Waals surface area (Å²) < 4.78 is 5.85. The lowest BCUT2D eigenvalue weighted by Gasteiger charge is -2.14. The maximum Gasteiger partial charge on any atom is 0.119 e. The highest BCUT2D eigenvalue weighted by Crippen LogP contribution is 2.16. The summed E-state index contributed by atoms with van der Waals surface area (Å²) in [6, 6.07) is 8.06. The number of rotatable bonds is 8. The van der Waals surface area contributed by atoms with Gasteiger partial charge in [0.1, 0.15) is 5.75 Å². The van der Waals surface area contributed by atoms with E-state index in [1.54, 1.807) is 0 Å². The molecule has 0 aliphatic carbocycles. The molecule has 1 rings (SSSR count). The number of unbranched alkanes of at least 4 members (excludes halogenated alkanes) is 3. The summed E-state index contributed by atoms with van der Waals surface area (Å²) in [7, 11) is 0. The van der Waals surface area contributed by atoms with E-state index in [4.69, 9.17) is 10.5 Å². The van der Waals surface area contributed by atoms with Crippen LogP contribution in [0.1, 0.15) is 51.5 Å². The highest BCUT2D eigenvalue weighted by molar-refractivity contribution is 5.27. The van der Waals surface area contributed by atoms with Crippen molar-refractivity contribution in [3.05, 3.63) is 29.8 Å². The Morgan fingerprint density at radius 2 is 1.82 bits per heavy atom. The minimum Gasteiger partial charge on any atom is -0.491 e. The molecule has 0 radical (unpaired) electrons. The number of benzene rings is 1. The molecule has 0 saturated carbocycles. The highest BCUT2D eigenvalue weighted by atomic mass is 16.5. The fraction of sp³-hybridized carbons (Fsp3) is 0.600. The fourth-order valence-corrected chi connectivity index (χ4v) is 1.85. The van der Waals surface area contributed by atoms with E-state index >= 15 is 0 Å². The van der Waals surface area contributed by atoms with Crippen LogP contribution in [0.15, 0.2) is 24.3 Å². The fourth-order valence-electron chi connectivity index (χ4n) is 1.85. The number of hydrogen-bond acceptors (Lipinski definition) is 2. The van der Waals surface area contributed by atoms with Crippen LogP contribution in [0.3, 0.4) is 0 Å². The summed E-state index contributed by atoms with van der Waals surface area (Å²) in [6.07, 6.45) is 6.63. The normalized spacial score (nSPS) is 12.4. The lowest BCUT2D eigenvalue weighted by Crippen LogP contribution is -2.11. The molecule has 96 valence electrons. The Kier molecular flexibility index (Phi) is 6.71.